The van der Waals surface area contributed by atoms with Gasteiger partial charge in [0.2, 0.25) is 0 Å². The van der Waals surface area contributed by atoms with Crippen LogP contribution in [0, 0.1) is 11.3 Å². The van der Waals surface area contributed by atoms with Gasteiger partial charge in [-0.25, -0.2) is 0 Å². The number of likely N-dealkylation sites (tertiary alicyclic amines) is 1. The Morgan fingerprint density at radius 3 is 2.36 bits per heavy atom. The van der Waals surface area contributed by atoms with E-state index in [9.17, 15) is 15.0 Å². The van der Waals surface area contributed by atoms with Crippen molar-refractivity contribution in [2.24, 2.45) is 11.3 Å². The number of piperidine rings is 1. The fourth-order valence-corrected chi connectivity index (χ4v) is 4.00. The average molecular weight is 345 g/mol. The van der Waals surface area contributed by atoms with Gasteiger partial charge in [-0.15, -0.1) is 0 Å². The quantitative estimate of drug-likeness (QED) is 0.858. The minimum atomic E-state index is -0.995. The molecule has 0 amide bonds. The van der Waals surface area contributed by atoms with Gasteiger partial charge in [0.15, 0.2) is 0 Å². The molecule has 1 aromatic carbocycles. The monoisotopic (exact) mass is 345 g/mol. The van der Waals surface area contributed by atoms with Gasteiger partial charge in [0.1, 0.15) is 5.41 Å². The maximum atomic E-state index is 12.0. The van der Waals surface area contributed by atoms with Gasteiger partial charge in [-0.2, -0.15) is 0 Å². The van der Waals surface area contributed by atoms with Crippen LogP contribution in [0.4, 0.5) is 0 Å². The van der Waals surface area contributed by atoms with E-state index < -0.39 is 17.5 Å². The molecule has 138 valence electrons. The van der Waals surface area contributed by atoms with Crippen molar-refractivity contribution in [3.05, 3.63) is 35.4 Å². The lowest BCUT2D eigenvalue weighted by Gasteiger charge is -2.43. The summed E-state index contributed by atoms with van der Waals surface area (Å²) in [5.74, 6) is -0.351. The fraction of sp³-hybridized carbons (Fsp3) is 0.667. The smallest absolute Gasteiger partial charge is 0.313 e. The molecule has 2 fully saturated rings. The van der Waals surface area contributed by atoms with Crippen molar-refractivity contribution >= 4 is 5.97 Å². The molecule has 2 aliphatic rings. The van der Waals surface area contributed by atoms with Crippen molar-refractivity contribution in [3.8, 4) is 0 Å². The Kier molecular flexibility index (Phi) is 4.95. The molecule has 2 atom stereocenters. The number of aliphatic carboxylic acids is 1. The van der Waals surface area contributed by atoms with E-state index in [4.69, 9.17) is 0 Å². The van der Waals surface area contributed by atoms with Crippen LogP contribution in [0.15, 0.2) is 24.3 Å². The Morgan fingerprint density at radius 1 is 1.20 bits per heavy atom. The first-order chi connectivity index (χ1) is 11.7. The van der Waals surface area contributed by atoms with E-state index in [2.05, 4.69) is 49.9 Å². The Labute approximate surface area is 150 Å². The second-order valence-electron chi connectivity index (χ2n) is 9.07. The van der Waals surface area contributed by atoms with Crippen molar-refractivity contribution in [1.29, 1.82) is 0 Å². The summed E-state index contributed by atoms with van der Waals surface area (Å²) in [5.41, 5.74) is 1.65. The number of nitrogens with zero attached hydrogens (tertiary/aromatic N) is 1. The summed E-state index contributed by atoms with van der Waals surface area (Å²) in [5, 5.41) is 20.3. The highest BCUT2D eigenvalue weighted by atomic mass is 16.4. The number of aliphatic hydroxyl groups is 1. The number of benzene rings is 1. The van der Waals surface area contributed by atoms with Crippen LogP contribution in [0.25, 0.3) is 0 Å². The van der Waals surface area contributed by atoms with Gasteiger partial charge in [-0.1, -0.05) is 57.9 Å². The molecular weight excluding hydrogens is 314 g/mol. The fourth-order valence-electron chi connectivity index (χ4n) is 4.00. The summed E-state index contributed by atoms with van der Waals surface area (Å²) < 4.78 is 0. The zero-order valence-corrected chi connectivity index (χ0v) is 15.7. The molecule has 0 aromatic heterocycles. The van der Waals surface area contributed by atoms with Crippen LogP contribution in [0.2, 0.25) is 0 Å². The third-order valence-corrected chi connectivity index (χ3v) is 5.86. The molecule has 4 heteroatoms. The van der Waals surface area contributed by atoms with Gasteiger partial charge in [-0.05, 0) is 35.3 Å². The highest BCUT2D eigenvalue weighted by molar-refractivity contribution is 5.76. The van der Waals surface area contributed by atoms with E-state index in [0.29, 0.717) is 25.3 Å². The molecule has 1 aliphatic carbocycles. The van der Waals surface area contributed by atoms with E-state index >= 15 is 0 Å². The molecule has 1 aliphatic heterocycles. The van der Waals surface area contributed by atoms with Crippen LogP contribution in [-0.2, 0) is 16.8 Å². The van der Waals surface area contributed by atoms with E-state index in [1.165, 1.54) is 11.1 Å². The second-order valence-corrected chi connectivity index (χ2v) is 9.07. The maximum absolute atomic E-state index is 12.0. The summed E-state index contributed by atoms with van der Waals surface area (Å²) in [7, 11) is 0. The van der Waals surface area contributed by atoms with Crippen molar-refractivity contribution in [3.63, 3.8) is 0 Å². The standard InChI is InChI=1S/C21H31NO3/c1-20(2,3)17-8-6-16(7-9-17)13-22-11-10-18(23)21(14-22,19(24)25)12-15-4-5-15/h6-9,15,18,23H,4-5,10-14H2,1-3H3,(H,24,25)/t18-,21+/m0/s1. The Morgan fingerprint density at radius 2 is 1.84 bits per heavy atom. The SMILES string of the molecule is CC(C)(C)c1ccc(CN2CC[C@H](O)[C@](CC3CC3)(C(=O)O)C2)cc1. The van der Waals surface area contributed by atoms with Crippen LogP contribution in [0.5, 0.6) is 0 Å². The van der Waals surface area contributed by atoms with Crippen LogP contribution in [0.1, 0.15) is 57.6 Å². The van der Waals surface area contributed by atoms with Gasteiger partial charge in [0, 0.05) is 19.6 Å². The lowest BCUT2D eigenvalue weighted by molar-refractivity contribution is -0.165. The van der Waals surface area contributed by atoms with E-state index in [1.54, 1.807) is 0 Å². The number of hydrogen-bond acceptors (Lipinski definition) is 3. The van der Waals surface area contributed by atoms with Gasteiger partial charge >= 0.3 is 5.97 Å². The molecule has 3 rings (SSSR count). The zero-order chi connectivity index (χ0) is 18.2. The van der Waals surface area contributed by atoms with Crippen molar-refractivity contribution < 1.29 is 15.0 Å². The molecule has 0 bridgehead atoms. The van der Waals surface area contributed by atoms with Crippen LogP contribution in [-0.4, -0.2) is 40.3 Å². The molecule has 4 nitrogen and oxygen atoms in total. The number of carboxylic acids is 1. The van der Waals surface area contributed by atoms with Crippen LogP contribution in [0.3, 0.4) is 0 Å². The van der Waals surface area contributed by atoms with Crippen LogP contribution >= 0.6 is 0 Å². The first-order valence-electron chi connectivity index (χ1n) is 9.44. The van der Waals surface area contributed by atoms with Crippen LogP contribution < -0.4 is 0 Å². The van der Waals surface area contributed by atoms with Gasteiger partial charge in [-0.3, -0.25) is 9.69 Å². The number of hydrogen-bond donors (Lipinski definition) is 2. The number of rotatable bonds is 5. The summed E-state index contributed by atoms with van der Waals surface area (Å²) in [6.45, 7) is 8.55. The molecule has 1 heterocycles. The topological polar surface area (TPSA) is 60.8 Å². The molecular formula is C21H31NO3. The summed E-state index contributed by atoms with van der Waals surface area (Å²) in [4.78, 5) is 14.2. The van der Waals surface area contributed by atoms with Gasteiger partial charge < -0.3 is 10.2 Å². The molecule has 0 spiro atoms. The molecule has 0 unspecified atom stereocenters. The summed E-state index contributed by atoms with van der Waals surface area (Å²) >= 11 is 0. The van der Waals surface area contributed by atoms with Crippen molar-refractivity contribution in [1.82, 2.24) is 4.90 Å². The van der Waals surface area contributed by atoms with Crippen molar-refractivity contribution in [2.45, 2.75) is 64.5 Å². The average Bonchev–Trinajstić information content (AvgIpc) is 3.34. The normalized spacial score (nSPS) is 28.1. The molecule has 1 saturated heterocycles. The third-order valence-electron chi connectivity index (χ3n) is 5.86. The molecule has 25 heavy (non-hydrogen) atoms. The molecule has 1 aromatic rings. The minimum Gasteiger partial charge on any atom is -0.481 e. The van der Waals surface area contributed by atoms with Crippen molar-refractivity contribution in [2.75, 3.05) is 13.1 Å². The largest absolute Gasteiger partial charge is 0.481 e. The second kappa shape index (κ2) is 6.73. The predicted octanol–water partition coefficient (Wildman–Crippen LogP) is 3.42. The zero-order valence-electron chi connectivity index (χ0n) is 15.7. The lowest BCUT2D eigenvalue weighted by atomic mass is 9.73. The number of aliphatic hydroxyl groups excluding tert-OH is 1. The van der Waals surface area contributed by atoms with E-state index in [-0.39, 0.29) is 5.41 Å². The Bertz CT molecular complexity index is 615. The number of carboxylic acid groups (broad SMARTS) is 1. The summed E-state index contributed by atoms with van der Waals surface area (Å²) in [6, 6.07) is 8.63. The van der Waals surface area contributed by atoms with E-state index in [0.717, 1.165) is 25.9 Å². The maximum Gasteiger partial charge on any atom is 0.313 e. The molecule has 2 N–H and O–H groups in total. The van der Waals surface area contributed by atoms with E-state index in [1.807, 2.05) is 0 Å². The Balaban J connectivity index is 1.71. The summed E-state index contributed by atoms with van der Waals surface area (Å²) in [6.07, 6.45) is 2.64. The first-order valence-corrected chi connectivity index (χ1v) is 9.44. The number of carbonyl (C=O) groups is 1. The van der Waals surface area contributed by atoms with Gasteiger partial charge in [0.05, 0.1) is 6.10 Å². The third kappa shape index (κ3) is 4.06. The lowest BCUT2D eigenvalue weighted by Crippen LogP contribution is -2.55. The molecule has 0 radical (unpaired) electrons. The highest BCUT2D eigenvalue weighted by Gasteiger charge is 2.51. The predicted molar refractivity (Wildman–Crippen MR) is 98.5 cm³/mol. The minimum absolute atomic E-state index is 0.135. The van der Waals surface area contributed by atoms with Gasteiger partial charge in [0.25, 0.3) is 0 Å². The molecule has 1 saturated carbocycles. The highest BCUT2D eigenvalue weighted by Crippen LogP contribution is 2.45. The Hall–Kier alpha value is -1.39. The first kappa shape index (κ1) is 18.4.